The van der Waals surface area contributed by atoms with E-state index in [1.807, 2.05) is 12.1 Å². The van der Waals surface area contributed by atoms with Crippen LogP contribution in [0.15, 0.2) is 22.8 Å². The Balaban J connectivity index is 1.51. The van der Waals surface area contributed by atoms with Crippen LogP contribution in [0.25, 0.3) is 0 Å². The van der Waals surface area contributed by atoms with Gasteiger partial charge in [-0.05, 0) is 49.0 Å². The van der Waals surface area contributed by atoms with Crippen molar-refractivity contribution in [1.29, 1.82) is 0 Å². The van der Waals surface area contributed by atoms with Crippen LogP contribution in [0.3, 0.4) is 0 Å². The summed E-state index contributed by atoms with van der Waals surface area (Å²) in [4.78, 5) is 15.9. The number of nitrogens with one attached hydrogen (secondary N) is 1. The molecule has 7 heteroatoms. The van der Waals surface area contributed by atoms with Gasteiger partial charge in [0, 0.05) is 6.54 Å². The van der Waals surface area contributed by atoms with Gasteiger partial charge in [0.25, 0.3) is 0 Å². The third-order valence-corrected chi connectivity index (χ3v) is 5.13. The van der Waals surface area contributed by atoms with Crippen LogP contribution in [0.5, 0.6) is 0 Å². The summed E-state index contributed by atoms with van der Waals surface area (Å²) in [6, 6.07) is 3.88. The molecular weight excluding hydrogens is 324 g/mol. The van der Waals surface area contributed by atoms with Gasteiger partial charge in [-0.15, -0.1) is 5.10 Å². The van der Waals surface area contributed by atoms with E-state index in [-0.39, 0.29) is 11.8 Å². The molecule has 2 aromatic rings. The number of piperidine rings is 1. The Labute approximate surface area is 146 Å². The van der Waals surface area contributed by atoms with Crippen molar-refractivity contribution in [3.63, 3.8) is 0 Å². The Morgan fingerprint density at radius 2 is 2.42 bits per heavy atom. The molecule has 0 saturated carbocycles. The summed E-state index contributed by atoms with van der Waals surface area (Å²) in [6.45, 7) is 7.28. The van der Waals surface area contributed by atoms with Gasteiger partial charge in [-0.2, -0.15) is 0 Å². The summed E-state index contributed by atoms with van der Waals surface area (Å²) in [7, 11) is 0. The zero-order chi connectivity index (χ0) is 16.9. The van der Waals surface area contributed by atoms with Crippen LogP contribution < -0.4 is 5.32 Å². The Kier molecular flexibility index (Phi) is 5.63. The SMILES string of the molecule is CC(C)c1nnsc1CNC(=O)[C@@H]1CCCN(Cc2ccco2)C1. The lowest BCUT2D eigenvalue weighted by atomic mass is 9.97. The molecule has 0 spiro atoms. The summed E-state index contributed by atoms with van der Waals surface area (Å²) in [5, 5.41) is 7.23. The third-order valence-electron chi connectivity index (χ3n) is 4.39. The van der Waals surface area contributed by atoms with Gasteiger partial charge >= 0.3 is 0 Å². The maximum absolute atomic E-state index is 12.5. The molecule has 0 bridgehead atoms. The first-order chi connectivity index (χ1) is 11.6. The quantitative estimate of drug-likeness (QED) is 0.869. The monoisotopic (exact) mass is 348 g/mol. The smallest absolute Gasteiger partial charge is 0.224 e. The number of rotatable bonds is 6. The van der Waals surface area contributed by atoms with E-state index in [0.29, 0.717) is 12.5 Å². The molecular formula is C17H24N4O2S. The Morgan fingerprint density at radius 3 is 3.17 bits per heavy atom. The van der Waals surface area contributed by atoms with E-state index in [4.69, 9.17) is 4.42 Å². The fourth-order valence-corrected chi connectivity index (χ4v) is 3.86. The number of aromatic nitrogens is 2. The molecule has 1 amide bonds. The minimum atomic E-state index is 0.0390. The molecule has 1 aliphatic rings. The van der Waals surface area contributed by atoms with Crippen molar-refractivity contribution in [3.8, 4) is 0 Å². The zero-order valence-corrected chi connectivity index (χ0v) is 15.0. The zero-order valence-electron chi connectivity index (χ0n) is 14.2. The Hall–Kier alpha value is -1.73. The number of nitrogens with zero attached hydrogens (tertiary/aromatic N) is 3. The first-order valence-corrected chi connectivity index (χ1v) is 9.24. The van der Waals surface area contributed by atoms with Crippen LogP contribution in [0.1, 0.15) is 48.9 Å². The second-order valence-corrected chi connectivity index (χ2v) is 7.45. The van der Waals surface area contributed by atoms with Crippen molar-refractivity contribution in [2.75, 3.05) is 13.1 Å². The van der Waals surface area contributed by atoms with Gasteiger partial charge in [0.1, 0.15) is 5.76 Å². The molecule has 1 saturated heterocycles. The molecule has 1 N–H and O–H groups in total. The second kappa shape index (κ2) is 7.90. The van der Waals surface area contributed by atoms with Crippen molar-refractivity contribution in [2.45, 2.75) is 45.7 Å². The van der Waals surface area contributed by atoms with E-state index in [1.54, 1.807) is 6.26 Å². The van der Waals surface area contributed by atoms with Crippen LogP contribution in [-0.4, -0.2) is 33.5 Å². The standard InChI is InChI=1S/C17H24N4O2S/c1-12(2)16-15(24-20-19-16)9-18-17(22)13-5-3-7-21(10-13)11-14-6-4-8-23-14/h4,6,8,12-13H,3,5,7,9-11H2,1-2H3,(H,18,22)/t13-/m1/s1. The van der Waals surface area contributed by atoms with E-state index in [1.165, 1.54) is 11.5 Å². The number of amides is 1. The minimum absolute atomic E-state index is 0.0390. The normalized spacial score (nSPS) is 18.9. The van der Waals surface area contributed by atoms with Crippen molar-refractivity contribution >= 4 is 17.4 Å². The van der Waals surface area contributed by atoms with Gasteiger partial charge in [-0.3, -0.25) is 9.69 Å². The lowest BCUT2D eigenvalue weighted by Gasteiger charge is -2.31. The largest absolute Gasteiger partial charge is 0.468 e. The fourth-order valence-electron chi connectivity index (χ4n) is 3.12. The Morgan fingerprint density at radius 1 is 1.54 bits per heavy atom. The lowest BCUT2D eigenvalue weighted by Crippen LogP contribution is -2.42. The predicted molar refractivity (Wildman–Crippen MR) is 92.6 cm³/mol. The molecule has 130 valence electrons. The van der Waals surface area contributed by atoms with Gasteiger partial charge in [-0.25, -0.2) is 0 Å². The number of furan rings is 1. The molecule has 3 heterocycles. The molecule has 6 nitrogen and oxygen atoms in total. The fraction of sp³-hybridized carbons (Fsp3) is 0.588. The van der Waals surface area contributed by atoms with Gasteiger partial charge in [0.05, 0.1) is 35.8 Å². The van der Waals surface area contributed by atoms with Crippen LogP contribution in [0, 0.1) is 5.92 Å². The highest BCUT2D eigenvalue weighted by molar-refractivity contribution is 7.05. The summed E-state index contributed by atoms with van der Waals surface area (Å²) < 4.78 is 9.42. The highest BCUT2D eigenvalue weighted by atomic mass is 32.1. The van der Waals surface area contributed by atoms with Gasteiger partial charge < -0.3 is 9.73 Å². The average molecular weight is 348 g/mol. The molecule has 0 unspecified atom stereocenters. The van der Waals surface area contributed by atoms with Crippen LogP contribution in [0.2, 0.25) is 0 Å². The van der Waals surface area contributed by atoms with E-state index < -0.39 is 0 Å². The molecule has 1 atom stereocenters. The molecule has 3 rings (SSSR count). The number of hydrogen-bond donors (Lipinski definition) is 1. The van der Waals surface area contributed by atoms with Gasteiger partial charge in [0.15, 0.2) is 0 Å². The summed E-state index contributed by atoms with van der Waals surface area (Å²) in [5.74, 6) is 1.45. The molecule has 0 aliphatic carbocycles. The maximum atomic E-state index is 12.5. The van der Waals surface area contributed by atoms with Crippen LogP contribution in [0.4, 0.5) is 0 Å². The first-order valence-electron chi connectivity index (χ1n) is 8.47. The summed E-state index contributed by atoms with van der Waals surface area (Å²) >= 11 is 1.37. The first kappa shape index (κ1) is 17.1. The second-order valence-electron chi connectivity index (χ2n) is 6.61. The molecule has 24 heavy (non-hydrogen) atoms. The highest BCUT2D eigenvalue weighted by Gasteiger charge is 2.26. The van der Waals surface area contributed by atoms with E-state index in [2.05, 4.69) is 33.7 Å². The lowest BCUT2D eigenvalue weighted by molar-refractivity contribution is -0.127. The highest BCUT2D eigenvalue weighted by Crippen LogP contribution is 2.21. The van der Waals surface area contributed by atoms with Crippen molar-refractivity contribution in [3.05, 3.63) is 34.7 Å². The van der Waals surface area contributed by atoms with E-state index in [0.717, 1.165) is 48.8 Å². The summed E-state index contributed by atoms with van der Waals surface area (Å²) in [6.07, 6.45) is 3.68. The topological polar surface area (TPSA) is 71.3 Å². The molecule has 0 radical (unpaired) electrons. The molecule has 2 aromatic heterocycles. The van der Waals surface area contributed by atoms with Crippen molar-refractivity contribution in [1.82, 2.24) is 19.8 Å². The van der Waals surface area contributed by atoms with Crippen LogP contribution in [-0.2, 0) is 17.9 Å². The third kappa shape index (κ3) is 4.21. The van der Waals surface area contributed by atoms with Crippen molar-refractivity contribution < 1.29 is 9.21 Å². The number of carbonyl (C=O) groups is 1. The summed E-state index contributed by atoms with van der Waals surface area (Å²) in [5.41, 5.74) is 0.989. The number of likely N-dealkylation sites (tertiary alicyclic amines) is 1. The minimum Gasteiger partial charge on any atom is -0.468 e. The molecule has 1 aliphatic heterocycles. The molecule has 1 fully saturated rings. The predicted octanol–water partition coefficient (Wildman–Crippen LogP) is 2.78. The van der Waals surface area contributed by atoms with Gasteiger partial charge in [0.2, 0.25) is 5.91 Å². The van der Waals surface area contributed by atoms with Gasteiger partial charge in [-0.1, -0.05) is 18.3 Å². The molecule has 0 aromatic carbocycles. The Bertz CT molecular complexity index is 653. The van der Waals surface area contributed by atoms with Crippen molar-refractivity contribution in [2.24, 2.45) is 5.92 Å². The maximum Gasteiger partial charge on any atom is 0.224 e. The van der Waals surface area contributed by atoms with Crippen LogP contribution >= 0.6 is 11.5 Å². The number of hydrogen-bond acceptors (Lipinski definition) is 6. The average Bonchev–Trinajstić information content (AvgIpc) is 3.24. The van der Waals surface area contributed by atoms with E-state index in [9.17, 15) is 4.79 Å². The number of carbonyl (C=O) groups excluding carboxylic acids is 1. The van der Waals surface area contributed by atoms with E-state index >= 15 is 0 Å².